The van der Waals surface area contributed by atoms with Crippen LogP contribution in [0.25, 0.3) is 0 Å². The van der Waals surface area contributed by atoms with Gasteiger partial charge in [0.1, 0.15) is 0 Å². The molecule has 0 radical (unpaired) electrons. The molecule has 1 aromatic carbocycles. The number of aliphatic hydroxyl groups excluding tert-OH is 1. The van der Waals surface area contributed by atoms with Crippen molar-refractivity contribution in [3.63, 3.8) is 0 Å². The zero-order chi connectivity index (χ0) is 17.0. The zero-order valence-corrected chi connectivity index (χ0v) is 13.3. The van der Waals surface area contributed by atoms with Crippen molar-refractivity contribution >= 4 is 17.4 Å². The van der Waals surface area contributed by atoms with E-state index in [0.29, 0.717) is 31.9 Å². The molecule has 0 bridgehead atoms. The molecule has 2 amide bonds. The summed E-state index contributed by atoms with van der Waals surface area (Å²) >= 11 is 0. The van der Waals surface area contributed by atoms with Crippen molar-refractivity contribution in [1.29, 1.82) is 0 Å². The Hall–Kier alpha value is -2.19. The first-order valence-corrected chi connectivity index (χ1v) is 7.59. The number of nitrogens with zero attached hydrogens (tertiary/aromatic N) is 3. The second kappa shape index (κ2) is 7.38. The Labute approximate surface area is 134 Å². The third-order valence-electron chi connectivity index (χ3n) is 3.82. The molecule has 2 N–H and O–H groups in total. The first-order valence-electron chi connectivity index (χ1n) is 7.59. The number of nitro benzene ring substituents is 1. The number of nitrogens with one attached hydrogen (secondary N) is 1. The number of urea groups is 1. The third kappa shape index (κ3) is 4.64. The van der Waals surface area contributed by atoms with E-state index in [0.717, 1.165) is 0 Å². The quantitative estimate of drug-likeness (QED) is 0.647. The van der Waals surface area contributed by atoms with Gasteiger partial charge in [-0.25, -0.2) is 4.79 Å². The van der Waals surface area contributed by atoms with E-state index < -0.39 is 4.92 Å². The van der Waals surface area contributed by atoms with Crippen LogP contribution in [0.2, 0.25) is 0 Å². The summed E-state index contributed by atoms with van der Waals surface area (Å²) in [6, 6.07) is 5.57. The Kier molecular flexibility index (Phi) is 5.51. The Balaban J connectivity index is 1.92. The monoisotopic (exact) mass is 322 g/mol. The van der Waals surface area contributed by atoms with E-state index in [1.165, 1.54) is 24.3 Å². The topological polar surface area (TPSA) is 99.0 Å². The van der Waals surface area contributed by atoms with E-state index in [1.54, 1.807) is 11.8 Å². The molecule has 8 heteroatoms. The predicted octanol–water partition coefficient (Wildman–Crippen LogP) is 1.51. The lowest BCUT2D eigenvalue weighted by Gasteiger charge is -2.40. The number of carbonyl (C=O) groups excluding carboxylic acids is 1. The summed E-state index contributed by atoms with van der Waals surface area (Å²) in [7, 11) is 0. The first kappa shape index (κ1) is 17.2. The van der Waals surface area contributed by atoms with Crippen molar-refractivity contribution < 1.29 is 14.8 Å². The molecule has 1 fully saturated rings. The second-order valence-corrected chi connectivity index (χ2v) is 5.89. The van der Waals surface area contributed by atoms with Gasteiger partial charge in [-0.05, 0) is 26.0 Å². The van der Waals surface area contributed by atoms with Gasteiger partial charge in [0, 0.05) is 50.0 Å². The average molecular weight is 322 g/mol. The molecule has 0 aromatic heterocycles. The molecule has 2 rings (SSSR count). The van der Waals surface area contributed by atoms with Crippen LogP contribution >= 0.6 is 0 Å². The predicted molar refractivity (Wildman–Crippen MR) is 86.4 cm³/mol. The maximum absolute atomic E-state index is 12.3. The number of hydrogen-bond acceptors (Lipinski definition) is 5. The number of nitro groups is 1. The van der Waals surface area contributed by atoms with Gasteiger partial charge < -0.3 is 15.3 Å². The largest absolute Gasteiger partial charge is 0.392 e. The van der Waals surface area contributed by atoms with Gasteiger partial charge in [0.15, 0.2) is 0 Å². The van der Waals surface area contributed by atoms with Gasteiger partial charge in [0.2, 0.25) is 0 Å². The minimum absolute atomic E-state index is 0.0110. The Morgan fingerprint density at radius 2 is 2.09 bits per heavy atom. The van der Waals surface area contributed by atoms with Crippen molar-refractivity contribution in [1.82, 2.24) is 9.80 Å². The fourth-order valence-corrected chi connectivity index (χ4v) is 2.74. The molecule has 126 valence electrons. The third-order valence-corrected chi connectivity index (χ3v) is 3.82. The lowest BCUT2D eigenvalue weighted by atomic mass is 10.2. The lowest BCUT2D eigenvalue weighted by Crippen LogP contribution is -2.56. The number of anilines is 1. The van der Waals surface area contributed by atoms with Gasteiger partial charge in [-0.15, -0.1) is 0 Å². The summed E-state index contributed by atoms with van der Waals surface area (Å²) in [6.07, 6.45) is -0.386. The lowest BCUT2D eigenvalue weighted by molar-refractivity contribution is -0.384. The maximum atomic E-state index is 12.3. The number of rotatable bonds is 4. The normalized spacial score (nSPS) is 20.1. The minimum atomic E-state index is -0.477. The van der Waals surface area contributed by atoms with E-state index in [2.05, 4.69) is 10.2 Å². The zero-order valence-electron chi connectivity index (χ0n) is 13.3. The molecule has 2 atom stereocenters. The molecule has 23 heavy (non-hydrogen) atoms. The molecule has 0 unspecified atom stereocenters. The Morgan fingerprint density at radius 3 is 2.61 bits per heavy atom. The van der Waals surface area contributed by atoms with E-state index in [9.17, 15) is 20.0 Å². The van der Waals surface area contributed by atoms with Crippen molar-refractivity contribution in [3.8, 4) is 0 Å². The summed E-state index contributed by atoms with van der Waals surface area (Å²) in [6.45, 7) is 6.30. The van der Waals surface area contributed by atoms with Crippen LogP contribution in [0.3, 0.4) is 0 Å². The van der Waals surface area contributed by atoms with Crippen molar-refractivity contribution in [2.75, 3.05) is 31.5 Å². The molecule has 1 aromatic rings. The number of benzene rings is 1. The molecule has 1 aliphatic rings. The van der Waals surface area contributed by atoms with Crippen molar-refractivity contribution in [3.05, 3.63) is 34.4 Å². The van der Waals surface area contributed by atoms with Gasteiger partial charge in [0.05, 0.1) is 11.0 Å². The SMILES string of the molecule is C[C@H](O)CN1CCN(C(=O)Nc2ccc([N+](=O)[O-])cc2)[C@H](C)C1. The highest BCUT2D eigenvalue weighted by Crippen LogP contribution is 2.17. The molecular formula is C15H22N4O4. The van der Waals surface area contributed by atoms with E-state index in [1.807, 2.05) is 6.92 Å². The highest BCUT2D eigenvalue weighted by Gasteiger charge is 2.27. The highest BCUT2D eigenvalue weighted by molar-refractivity contribution is 5.89. The van der Waals surface area contributed by atoms with Crippen LogP contribution in [0.5, 0.6) is 0 Å². The highest BCUT2D eigenvalue weighted by atomic mass is 16.6. The number of piperazine rings is 1. The van der Waals surface area contributed by atoms with Crippen LogP contribution in [-0.2, 0) is 0 Å². The summed E-state index contributed by atoms with van der Waals surface area (Å²) in [5, 5.41) is 22.8. The van der Waals surface area contributed by atoms with Crippen molar-refractivity contribution in [2.45, 2.75) is 26.0 Å². The van der Waals surface area contributed by atoms with Crippen LogP contribution in [0.4, 0.5) is 16.2 Å². The Morgan fingerprint density at radius 1 is 1.43 bits per heavy atom. The molecule has 0 saturated carbocycles. The molecule has 1 saturated heterocycles. The molecule has 8 nitrogen and oxygen atoms in total. The minimum Gasteiger partial charge on any atom is -0.392 e. The maximum Gasteiger partial charge on any atom is 0.322 e. The van der Waals surface area contributed by atoms with E-state index in [-0.39, 0.29) is 23.9 Å². The fraction of sp³-hybridized carbons (Fsp3) is 0.533. The number of aliphatic hydroxyl groups is 1. The molecule has 1 aliphatic heterocycles. The summed E-state index contributed by atoms with van der Waals surface area (Å²) in [4.78, 5) is 26.3. The average Bonchev–Trinajstić information content (AvgIpc) is 2.47. The van der Waals surface area contributed by atoms with E-state index >= 15 is 0 Å². The van der Waals surface area contributed by atoms with Crippen LogP contribution < -0.4 is 5.32 Å². The van der Waals surface area contributed by atoms with Crippen LogP contribution in [-0.4, -0.2) is 64.2 Å². The van der Waals surface area contributed by atoms with Gasteiger partial charge >= 0.3 is 6.03 Å². The van der Waals surface area contributed by atoms with Crippen molar-refractivity contribution in [2.24, 2.45) is 0 Å². The summed E-state index contributed by atoms with van der Waals surface area (Å²) in [5.41, 5.74) is 0.516. The number of non-ortho nitro benzene ring substituents is 1. The number of β-amino-alcohol motifs (C(OH)–C–C–N with tert-alkyl or cyclic N) is 1. The standard InChI is InChI=1S/C15H22N4O4/c1-11-9-17(10-12(2)20)7-8-18(11)15(21)16-13-3-5-14(6-4-13)19(22)23/h3-6,11-12,20H,7-10H2,1-2H3,(H,16,21)/t11-,12+/m1/s1. The molecular weight excluding hydrogens is 300 g/mol. The van der Waals surface area contributed by atoms with Gasteiger partial charge in [-0.2, -0.15) is 0 Å². The number of carbonyl (C=O) groups is 1. The summed E-state index contributed by atoms with van der Waals surface area (Å²) in [5.74, 6) is 0. The smallest absolute Gasteiger partial charge is 0.322 e. The van der Waals surface area contributed by atoms with Crippen LogP contribution in [0.1, 0.15) is 13.8 Å². The second-order valence-electron chi connectivity index (χ2n) is 5.89. The molecule has 1 heterocycles. The molecule has 0 spiro atoms. The molecule has 0 aliphatic carbocycles. The van der Waals surface area contributed by atoms with Crippen LogP contribution in [0.15, 0.2) is 24.3 Å². The fourth-order valence-electron chi connectivity index (χ4n) is 2.74. The number of hydrogen-bond donors (Lipinski definition) is 2. The number of amides is 2. The van der Waals surface area contributed by atoms with Gasteiger partial charge in [0.25, 0.3) is 5.69 Å². The van der Waals surface area contributed by atoms with Gasteiger partial charge in [-0.3, -0.25) is 15.0 Å². The van der Waals surface area contributed by atoms with E-state index in [4.69, 9.17) is 0 Å². The first-order chi connectivity index (χ1) is 10.9. The van der Waals surface area contributed by atoms with Crippen LogP contribution in [0, 0.1) is 10.1 Å². The van der Waals surface area contributed by atoms with Gasteiger partial charge in [-0.1, -0.05) is 0 Å². The summed E-state index contributed by atoms with van der Waals surface area (Å²) < 4.78 is 0. The Bertz CT molecular complexity index is 561.